The molecule has 0 saturated carbocycles. The fraction of sp³-hybridized carbons (Fsp3) is 0.125. The number of aryl methyl sites for hydroxylation is 1. The van der Waals surface area contributed by atoms with Crippen LogP contribution in [0, 0.1) is 6.92 Å². The highest BCUT2D eigenvalue weighted by Gasteiger charge is 2.16. The van der Waals surface area contributed by atoms with Crippen LogP contribution in [0.5, 0.6) is 5.75 Å². The predicted molar refractivity (Wildman–Crippen MR) is 125 cm³/mol. The Hall–Kier alpha value is -3.49. The van der Waals surface area contributed by atoms with Crippen LogP contribution < -0.4 is 15.6 Å². The number of hydrogen-bond donors (Lipinski definition) is 2. The van der Waals surface area contributed by atoms with Gasteiger partial charge in [-0.25, -0.2) is 4.99 Å². The van der Waals surface area contributed by atoms with Crippen molar-refractivity contribution in [3.8, 4) is 5.75 Å². The van der Waals surface area contributed by atoms with E-state index in [9.17, 15) is 9.90 Å². The summed E-state index contributed by atoms with van der Waals surface area (Å²) in [5, 5.41) is 13.2. The summed E-state index contributed by atoms with van der Waals surface area (Å²) in [6.45, 7) is 1.56. The van der Waals surface area contributed by atoms with E-state index in [0.717, 1.165) is 4.47 Å². The van der Waals surface area contributed by atoms with E-state index in [-0.39, 0.29) is 23.6 Å². The van der Waals surface area contributed by atoms with Crippen molar-refractivity contribution in [2.75, 3.05) is 12.4 Å². The number of fused-ring (bicyclic) bond motifs is 1. The van der Waals surface area contributed by atoms with Crippen molar-refractivity contribution in [1.82, 2.24) is 4.98 Å². The number of carbonyl (C=O) groups is 1. The van der Waals surface area contributed by atoms with Crippen LogP contribution >= 0.6 is 15.9 Å². The van der Waals surface area contributed by atoms with E-state index < -0.39 is 0 Å². The third-order valence-electron chi connectivity index (χ3n) is 4.87. The molecule has 2 heterocycles. The highest BCUT2D eigenvalue weighted by molar-refractivity contribution is 9.10. The van der Waals surface area contributed by atoms with Crippen LogP contribution in [0.4, 0.5) is 11.4 Å². The maximum absolute atomic E-state index is 13.2. The van der Waals surface area contributed by atoms with E-state index >= 15 is 0 Å². The minimum atomic E-state index is -0.386. The van der Waals surface area contributed by atoms with E-state index in [0.29, 0.717) is 39.4 Å². The summed E-state index contributed by atoms with van der Waals surface area (Å²) in [4.78, 5) is 22.0. The standard InChI is InChI=1S/C24H20BrN3O4/c1-14-22-20(15(13-29)12-26-14)11-21(23(30)27-17-5-3-16(25)4-6-17)24(32-22)28-18-7-9-19(31-2)10-8-18/h3-12,29H,13H2,1-2H3,(H,27,30). The van der Waals surface area contributed by atoms with Crippen LogP contribution in [0.1, 0.15) is 21.6 Å². The van der Waals surface area contributed by atoms with Gasteiger partial charge in [0.25, 0.3) is 5.91 Å². The Morgan fingerprint density at radius 2 is 1.91 bits per heavy atom. The first-order valence-corrected chi connectivity index (χ1v) is 10.6. The molecule has 0 fully saturated rings. The Morgan fingerprint density at radius 3 is 2.56 bits per heavy atom. The van der Waals surface area contributed by atoms with Gasteiger partial charge in [-0.15, -0.1) is 0 Å². The van der Waals surface area contributed by atoms with Gasteiger partial charge in [0.2, 0.25) is 5.55 Å². The molecule has 4 aromatic rings. The molecule has 0 aliphatic heterocycles. The number of hydrogen-bond acceptors (Lipinski definition) is 6. The number of amides is 1. The maximum Gasteiger partial charge on any atom is 0.261 e. The van der Waals surface area contributed by atoms with Gasteiger partial charge in [-0.3, -0.25) is 9.78 Å². The summed E-state index contributed by atoms with van der Waals surface area (Å²) in [6, 6.07) is 16.0. The van der Waals surface area contributed by atoms with Gasteiger partial charge in [-0.1, -0.05) is 15.9 Å². The minimum Gasteiger partial charge on any atom is -0.497 e. The number of aliphatic hydroxyl groups excluding tert-OH is 1. The minimum absolute atomic E-state index is 0.136. The van der Waals surface area contributed by atoms with Crippen LogP contribution in [-0.2, 0) is 6.61 Å². The fourth-order valence-electron chi connectivity index (χ4n) is 3.17. The lowest BCUT2D eigenvalue weighted by Crippen LogP contribution is -2.22. The second-order valence-corrected chi connectivity index (χ2v) is 7.92. The Kier molecular flexibility index (Phi) is 6.34. The van der Waals surface area contributed by atoms with Gasteiger partial charge in [0, 0.05) is 27.3 Å². The first-order valence-electron chi connectivity index (χ1n) is 9.77. The van der Waals surface area contributed by atoms with Gasteiger partial charge in [-0.05, 0) is 61.5 Å². The number of halogens is 1. The first kappa shape index (κ1) is 21.7. The van der Waals surface area contributed by atoms with Crippen molar-refractivity contribution in [1.29, 1.82) is 0 Å². The lowest BCUT2D eigenvalue weighted by Gasteiger charge is -2.10. The van der Waals surface area contributed by atoms with Crippen molar-refractivity contribution < 1.29 is 19.1 Å². The first-order chi connectivity index (χ1) is 15.5. The molecule has 0 unspecified atom stereocenters. The molecule has 2 aromatic carbocycles. The van der Waals surface area contributed by atoms with Crippen LogP contribution in [-0.4, -0.2) is 23.1 Å². The number of benzene rings is 2. The van der Waals surface area contributed by atoms with Crippen LogP contribution in [0.15, 0.2) is 74.7 Å². The average Bonchev–Trinajstić information content (AvgIpc) is 2.81. The molecule has 162 valence electrons. The number of nitrogens with one attached hydrogen (secondary N) is 1. The molecule has 0 radical (unpaired) electrons. The zero-order chi connectivity index (χ0) is 22.7. The number of aromatic nitrogens is 1. The van der Waals surface area contributed by atoms with Crippen molar-refractivity contribution >= 4 is 44.2 Å². The molecule has 1 amide bonds. The summed E-state index contributed by atoms with van der Waals surface area (Å²) >= 11 is 3.38. The Balaban J connectivity index is 1.89. The van der Waals surface area contributed by atoms with E-state index in [1.54, 1.807) is 62.7 Å². The highest BCUT2D eigenvalue weighted by Crippen LogP contribution is 2.23. The van der Waals surface area contributed by atoms with Gasteiger partial charge in [-0.2, -0.15) is 0 Å². The average molecular weight is 494 g/mol. The van der Waals surface area contributed by atoms with Gasteiger partial charge >= 0.3 is 0 Å². The third-order valence-corrected chi connectivity index (χ3v) is 5.40. The normalized spacial score (nSPS) is 11.6. The summed E-state index contributed by atoms with van der Waals surface area (Å²) in [7, 11) is 1.59. The quantitative estimate of drug-likeness (QED) is 0.412. The second kappa shape index (κ2) is 9.33. The fourth-order valence-corrected chi connectivity index (χ4v) is 3.43. The number of methoxy groups -OCH3 is 1. The molecular weight excluding hydrogens is 474 g/mol. The molecule has 0 spiro atoms. The molecule has 0 saturated heterocycles. The Morgan fingerprint density at radius 1 is 1.19 bits per heavy atom. The SMILES string of the molecule is COc1ccc(N=c2oc3c(C)ncc(CO)c3cc2C(=O)Nc2ccc(Br)cc2)cc1. The van der Waals surface area contributed by atoms with Gasteiger partial charge < -0.3 is 19.6 Å². The van der Waals surface area contributed by atoms with Crippen LogP contribution in [0.25, 0.3) is 11.0 Å². The number of ether oxygens (including phenoxy) is 1. The Bertz CT molecular complexity index is 1350. The topological polar surface area (TPSA) is 97.0 Å². The van der Waals surface area contributed by atoms with Crippen molar-refractivity contribution in [2.45, 2.75) is 13.5 Å². The molecule has 2 N–H and O–H groups in total. The number of nitrogens with zero attached hydrogens (tertiary/aromatic N) is 2. The van der Waals surface area contributed by atoms with E-state index in [2.05, 4.69) is 31.2 Å². The van der Waals surface area contributed by atoms with Crippen LogP contribution in [0.2, 0.25) is 0 Å². The maximum atomic E-state index is 13.2. The second-order valence-electron chi connectivity index (χ2n) is 7.01. The van der Waals surface area contributed by atoms with Crippen LogP contribution in [0.3, 0.4) is 0 Å². The third kappa shape index (κ3) is 4.56. The summed E-state index contributed by atoms with van der Waals surface area (Å²) in [5.41, 5.74) is 3.24. The van der Waals surface area contributed by atoms with Crippen molar-refractivity contribution in [3.63, 3.8) is 0 Å². The zero-order valence-electron chi connectivity index (χ0n) is 17.4. The van der Waals surface area contributed by atoms with Gasteiger partial charge in [0.1, 0.15) is 11.3 Å². The number of carbonyl (C=O) groups excluding carboxylic acids is 1. The highest BCUT2D eigenvalue weighted by atomic mass is 79.9. The summed E-state index contributed by atoms with van der Waals surface area (Å²) in [6.07, 6.45) is 1.57. The number of rotatable bonds is 5. The lowest BCUT2D eigenvalue weighted by atomic mass is 10.1. The summed E-state index contributed by atoms with van der Waals surface area (Å²) in [5.74, 6) is 0.309. The smallest absolute Gasteiger partial charge is 0.261 e. The molecule has 0 aliphatic carbocycles. The van der Waals surface area contributed by atoms with Crippen molar-refractivity contribution in [3.05, 3.63) is 87.6 Å². The monoisotopic (exact) mass is 493 g/mol. The largest absolute Gasteiger partial charge is 0.497 e. The molecule has 0 bridgehead atoms. The molecule has 32 heavy (non-hydrogen) atoms. The zero-order valence-corrected chi connectivity index (χ0v) is 19.0. The predicted octanol–water partition coefficient (Wildman–Crippen LogP) is 4.88. The molecular formula is C24H20BrN3O4. The van der Waals surface area contributed by atoms with Gasteiger partial charge in [0.05, 0.1) is 25.1 Å². The molecule has 2 aromatic heterocycles. The molecule has 0 atom stereocenters. The molecule has 8 heteroatoms. The summed E-state index contributed by atoms with van der Waals surface area (Å²) < 4.78 is 12.2. The number of pyridine rings is 1. The van der Waals surface area contributed by atoms with Crippen molar-refractivity contribution in [2.24, 2.45) is 4.99 Å². The number of aliphatic hydroxyl groups is 1. The molecule has 7 nitrogen and oxygen atoms in total. The molecule has 4 rings (SSSR count). The lowest BCUT2D eigenvalue weighted by molar-refractivity contribution is 0.102. The Labute approximate surface area is 192 Å². The van der Waals surface area contributed by atoms with E-state index in [1.165, 1.54) is 0 Å². The number of anilines is 1. The van der Waals surface area contributed by atoms with Gasteiger partial charge in [0.15, 0.2) is 5.58 Å². The molecule has 0 aliphatic rings. The van der Waals surface area contributed by atoms with E-state index in [1.807, 2.05) is 12.1 Å². The van der Waals surface area contributed by atoms with E-state index in [4.69, 9.17) is 9.15 Å².